The van der Waals surface area contributed by atoms with E-state index in [4.69, 9.17) is 4.74 Å². The number of ether oxygens (including phenoxy) is 1. The highest BCUT2D eigenvalue weighted by molar-refractivity contribution is 5.32. The van der Waals surface area contributed by atoms with E-state index in [0.717, 1.165) is 44.0 Å². The van der Waals surface area contributed by atoms with Crippen LogP contribution in [0.15, 0.2) is 49.1 Å². The molecule has 7 heteroatoms. The van der Waals surface area contributed by atoms with Gasteiger partial charge in [-0.05, 0) is 31.5 Å². The van der Waals surface area contributed by atoms with E-state index in [9.17, 15) is 4.39 Å². The number of nitrogens with zero attached hydrogens (tertiary/aromatic N) is 5. The van der Waals surface area contributed by atoms with Crippen molar-refractivity contribution in [1.29, 1.82) is 0 Å². The lowest BCUT2D eigenvalue weighted by Gasteiger charge is -2.32. The van der Waals surface area contributed by atoms with Crippen LogP contribution in [0.4, 0.5) is 4.39 Å². The largest absolute Gasteiger partial charge is 0.434 e. The molecule has 1 saturated heterocycles. The van der Waals surface area contributed by atoms with Gasteiger partial charge in [0.15, 0.2) is 11.6 Å². The van der Waals surface area contributed by atoms with Crippen LogP contribution in [0.1, 0.15) is 30.3 Å². The molecule has 2 aromatic heterocycles. The predicted octanol–water partition coefficient (Wildman–Crippen LogP) is 3.52. The molecule has 0 bridgehead atoms. The monoisotopic (exact) mass is 367 g/mol. The molecule has 140 valence electrons. The van der Waals surface area contributed by atoms with E-state index in [1.807, 2.05) is 24.0 Å². The van der Waals surface area contributed by atoms with Crippen molar-refractivity contribution in [3.05, 3.63) is 66.4 Å². The summed E-state index contributed by atoms with van der Waals surface area (Å²) in [5, 5.41) is 0. The van der Waals surface area contributed by atoms with Crippen molar-refractivity contribution in [2.24, 2.45) is 7.05 Å². The Morgan fingerprint density at radius 1 is 1.15 bits per heavy atom. The Bertz CT molecular complexity index is 913. The topological polar surface area (TPSA) is 56.1 Å². The first-order valence-electron chi connectivity index (χ1n) is 9.12. The van der Waals surface area contributed by atoms with Gasteiger partial charge in [-0.1, -0.05) is 12.1 Å². The van der Waals surface area contributed by atoms with Gasteiger partial charge in [-0.15, -0.1) is 0 Å². The molecule has 3 aromatic rings. The van der Waals surface area contributed by atoms with Crippen molar-refractivity contribution in [2.75, 3.05) is 13.1 Å². The van der Waals surface area contributed by atoms with E-state index in [1.54, 1.807) is 30.6 Å². The van der Waals surface area contributed by atoms with Crippen LogP contribution in [0.5, 0.6) is 11.6 Å². The van der Waals surface area contributed by atoms with Crippen LogP contribution in [0.2, 0.25) is 0 Å². The van der Waals surface area contributed by atoms with E-state index in [1.165, 1.54) is 6.07 Å². The van der Waals surface area contributed by atoms with Crippen LogP contribution in [0.25, 0.3) is 0 Å². The van der Waals surface area contributed by atoms with Crippen LogP contribution in [-0.2, 0) is 13.6 Å². The lowest BCUT2D eigenvalue weighted by atomic mass is 9.94. The molecule has 0 amide bonds. The average Bonchev–Trinajstić information content (AvgIpc) is 3.09. The lowest BCUT2D eigenvalue weighted by molar-refractivity contribution is 0.190. The van der Waals surface area contributed by atoms with Crippen LogP contribution in [0.3, 0.4) is 0 Å². The molecular weight excluding hydrogens is 345 g/mol. The molecule has 4 rings (SSSR count). The highest BCUT2D eigenvalue weighted by Crippen LogP contribution is 2.33. The maximum atomic E-state index is 14.0. The molecule has 1 fully saturated rings. The third-order valence-electron chi connectivity index (χ3n) is 4.91. The fourth-order valence-electron chi connectivity index (χ4n) is 3.50. The fraction of sp³-hybridized carbons (Fsp3) is 0.350. The number of benzene rings is 1. The summed E-state index contributed by atoms with van der Waals surface area (Å²) < 4.78 is 21.8. The highest BCUT2D eigenvalue weighted by Gasteiger charge is 2.26. The predicted molar refractivity (Wildman–Crippen MR) is 99.0 cm³/mol. The van der Waals surface area contributed by atoms with Gasteiger partial charge in [0.1, 0.15) is 11.5 Å². The smallest absolute Gasteiger partial charge is 0.241 e. The molecule has 1 atom stereocenters. The first-order chi connectivity index (χ1) is 13.2. The van der Waals surface area contributed by atoms with Crippen molar-refractivity contribution < 1.29 is 9.13 Å². The summed E-state index contributed by atoms with van der Waals surface area (Å²) in [6, 6.07) is 6.35. The number of halogens is 1. The SMILES string of the molecule is Cn1ccnc1CN1CCCC(c2nccnc2Oc2ccccc2F)C1. The van der Waals surface area contributed by atoms with Gasteiger partial charge >= 0.3 is 0 Å². The molecule has 1 aromatic carbocycles. The van der Waals surface area contributed by atoms with E-state index in [2.05, 4.69) is 19.9 Å². The van der Waals surface area contributed by atoms with E-state index >= 15 is 0 Å². The molecule has 1 aliphatic rings. The summed E-state index contributed by atoms with van der Waals surface area (Å²) >= 11 is 0. The number of hydrogen-bond acceptors (Lipinski definition) is 5. The molecule has 0 N–H and O–H groups in total. The minimum absolute atomic E-state index is 0.167. The Balaban J connectivity index is 1.52. The van der Waals surface area contributed by atoms with E-state index in [-0.39, 0.29) is 11.7 Å². The van der Waals surface area contributed by atoms with Gasteiger partial charge < -0.3 is 9.30 Å². The van der Waals surface area contributed by atoms with E-state index in [0.29, 0.717) is 5.88 Å². The number of rotatable bonds is 5. The third-order valence-corrected chi connectivity index (χ3v) is 4.91. The van der Waals surface area contributed by atoms with Crippen LogP contribution in [-0.4, -0.2) is 37.5 Å². The summed E-state index contributed by atoms with van der Waals surface area (Å²) in [6.45, 7) is 2.66. The summed E-state index contributed by atoms with van der Waals surface area (Å²) in [7, 11) is 2.01. The molecule has 0 spiro atoms. The minimum atomic E-state index is -0.408. The second-order valence-electron chi connectivity index (χ2n) is 6.81. The van der Waals surface area contributed by atoms with Gasteiger partial charge in [0.05, 0.1) is 6.54 Å². The third kappa shape index (κ3) is 3.98. The normalized spacial score (nSPS) is 17.8. The summed E-state index contributed by atoms with van der Waals surface area (Å²) in [6.07, 6.45) is 9.09. The molecule has 1 unspecified atom stereocenters. The van der Waals surface area contributed by atoms with E-state index < -0.39 is 5.82 Å². The molecule has 1 aliphatic heterocycles. The van der Waals surface area contributed by atoms with Crippen LogP contribution >= 0.6 is 0 Å². The molecular formula is C20H22FN5O. The number of aromatic nitrogens is 4. The van der Waals surface area contributed by atoms with Crippen molar-refractivity contribution in [2.45, 2.75) is 25.3 Å². The number of hydrogen-bond donors (Lipinski definition) is 0. The Kier molecular flexibility index (Phi) is 5.11. The standard InChI is InChI=1S/C20H22FN5O/c1-25-12-10-22-18(25)14-26-11-4-5-15(13-26)19-20(24-9-8-23-19)27-17-7-3-2-6-16(17)21/h2-3,6-10,12,15H,4-5,11,13-14H2,1H3. The Morgan fingerprint density at radius 2 is 2.00 bits per heavy atom. The summed E-state index contributed by atoms with van der Waals surface area (Å²) in [5.74, 6) is 1.37. The minimum Gasteiger partial charge on any atom is -0.434 e. The zero-order chi connectivity index (χ0) is 18.6. The first kappa shape index (κ1) is 17.6. The molecule has 0 aliphatic carbocycles. The number of imidazole rings is 1. The lowest BCUT2D eigenvalue weighted by Crippen LogP contribution is -2.35. The molecule has 3 heterocycles. The number of piperidine rings is 1. The van der Waals surface area contributed by atoms with Gasteiger partial charge in [0.25, 0.3) is 0 Å². The number of aryl methyl sites for hydroxylation is 1. The molecule has 6 nitrogen and oxygen atoms in total. The Labute approximate surface area is 157 Å². The zero-order valence-corrected chi connectivity index (χ0v) is 15.3. The Morgan fingerprint density at radius 3 is 2.81 bits per heavy atom. The second-order valence-corrected chi connectivity index (χ2v) is 6.81. The van der Waals surface area contributed by atoms with Crippen molar-refractivity contribution in [3.63, 3.8) is 0 Å². The maximum absolute atomic E-state index is 14.0. The van der Waals surface area contributed by atoms with Crippen molar-refractivity contribution in [1.82, 2.24) is 24.4 Å². The average molecular weight is 367 g/mol. The Hall–Kier alpha value is -2.80. The van der Waals surface area contributed by atoms with Gasteiger partial charge in [0, 0.05) is 44.3 Å². The van der Waals surface area contributed by atoms with Gasteiger partial charge in [0.2, 0.25) is 5.88 Å². The summed E-state index contributed by atoms with van der Waals surface area (Å²) in [5.41, 5.74) is 0.783. The maximum Gasteiger partial charge on any atom is 0.241 e. The van der Waals surface area contributed by atoms with Crippen molar-refractivity contribution in [3.8, 4) is 11.6 Å². The van der Waals surface area contributed by atoms with Crippen LogP contribution in [0, 0.1) is 5.82 Å². The van der Waals surface area contributed by atoms with Crippen molar-refractivity contribution >= 4 is 0 Å². The molecule has 0 radical (unpaired) electrons. The van der Waals surface area contributed by atoms with Gasteiger partial charge in [-0.3, -0.25) is 9.88 Å². The summed E-state index contributed by atoms with van der Waals surface area (Å²) in [4.78, 5) is 15.6. The first-order valence-corrected chi connectivity index (χ1v) is 9.12. The van der Waals surface area contributed by atoms with Gasteiger partial charge in [-0.2, -0.15) is 0 Å². The zero-order valence-electron chi connectivity index (χ0n) is 15.3. The molecule has 27 heavy (non-hydrogen) atoms. The number of para-hydroxylation sites is 1. The quantitative estimate of drug-likeness (QED) is 0.691. The number of likely N-dealkylation sites (tertiary alicyclic amines) is 1. The molecule has 0 saturated carbocycles. The van der Waals surface area contributed by atoms with Gasteiger partial charge in [-0.25, -0.2) is 14.4 Å². The fourth-order valence-corrected chi connectivity index (χ4v) is 3.50. The highest BCUT2D eigenvalue weighted by atomic mass is 19.1. The second kappa shape index (κ2) is 7.84. The van der Waals surface area contributed by atoms with Crippen LogP contribution < -0.4 is 4.74 Å².